The Kier molecular flexibility index (Phi) is 6.81. The number of benzene rings is 2. The summed E-state index contributed by atoms with van der Waals surface area (Å²) in [5.74, 6) is 0.182. The lowest BCUT2D eigenvalue weighted by Crippen LogP contribution is -2.36. The molecule has 1 aromatic heterocycles. The molecule has 2 aromatic carbocycles. The van der Waals surface area contributed by atoms with Crippen LogP contribution in [0.2, 0.25) is 0 Å². The van der Waals surface area contributed by atoms with Crippen molar-refractivity contribution < 1.29 is 18.0 Å². The van der Waals surface area contributed by atoms with Crippen LogP contribution >= 0.6 is 0 Å². The molecule has 1 saturated heterocycles. The third-order valence-electron chi connectivity index (χ3n) is 6.92. The molecule has 9 nitrogen and oxygen atoms in total. The molecule has 0 spiro atoms. The molecule has 3 heterocycles. The zero-order valence-corrected chi connectivity index (χ0v) is 22.0. The van der Waals surface area contributed by atoms with Gasteiger partial charge in [-0.3, -0.25) is 14.5 Å². The van der Waals surface area contributed by atoms with E-state index >= 15 is 0 Å². The number of aliphatic imine (C=N–C) groups is 1. The van der Waals surface area contributed by atoms with Crippen molar-refractivity contribution in [3.8, 4) is 0 Å². The topological polar surface area (TPSA) is 89.8 Å². The Balaban J connectivity index is 1.41. The highest BCUT2D eigenvalue weighted by Gasteiger charge is 2.32. The van der Waals surface area contributed by atoms with E-state index in [9.17, 15) is 18.0 Å². The second kappa shape index (κ2) is 10.1. The number of hydrogen-bond donors (Lipinski definition) is 3. The number of aromatic nitrogens is 2. The number of amidine groups is 1. The molecule has 2 aliphatic rings. The molecule has 12 heteroatoms. The zero-order valence-electron chi connectivity index (χ0n) is 22.0. The summed E-state index contributed by atoms with van der Waals surface area (Å²) >= 11 is 0. The van der Waals surface area contributed by atoms with Crippen LogP contribution in [0.15, 0.2) is 53.8 Å². The van der Waals surface area contributed by atoms with Crippen molar-refractivity contribution in [1.29, 1.82) is 0 Å². The van der Waals surface area contributed by atoms with Gasteiger partial charge in [-0.1, -0.05) is 6.07 Å². The second-order valence-electron chi connectivity index (χ2n) is 9.69. The summed E-state index contributed by atoms with van der Waals surface area (Å²) in [6.45, 7) is 4.66. The summed E-state index contributed by atoms with van der Waals surface area (Å²) in [7, 11) is 3.72. The van der Waals surface area contributed by atoms with Crippen LogP contribution in [0.3, 0.4) is 0 Å². The first kappa shape index (κ1) is 26.3. The number of anilines is 2. The number of likely N-dealkylation sites (tertiary alicyclic amines) is 1. The Labute approximate surface area is 223 Å². The van der Waals surface area contributed by atoms with Gasteiger partial charge >= 0.3 is 6.18 Å². The van der Waals surface area contributed by atoms with Crippen LogP contribution in [0.25, 0.3) is 5.70 Å². The van der Waals surface area contributed by atoms with Gasteiger partial charge in [0.05, 0.1) is 28.8 Å². The van der Waals surface area contributed by atoms with Crippen LogP contribution in [-0.2, 0) is 13.2 Å². The van der Waals surface area contributed by atoms with Crippen molar-refractivity contribution in [3.05, 3.63) is 76.7 Å². The molecule has 2 aliphatic heterocycles. The lowest BCUT2D eigenvalue weighted by molar-refractivity contribution is -0.137. The molecule has 39 heavy (non-hydrogen) atoms. The van der Waals surface area contributed by atoms with E-state index in [0.717, 1.165) is 53.5 Å². The summed E-state index contributed by atoms with van der Waals surface area (Å²) in [5.41, 5.74) is 10.0. The smallest absolute Gasteiger partial charge is 0.363 e. The monoisotopic (exact) mass is 538 g/mol. The standard InChI is InChI=1S/C27H29F3N8O/c1-16-7-8-18(10-24(16)38-15-23(34-35-38)22-14-31-37(4)17(22)2)26(39)33-21-12-19(27(28,29)30)11-20(13-21)32-25-6-5-9-36(25)3/h7-8,10-15,34-35H,5-6,9H2,1-4H3,(H,33,39). The maximum atomic E-state index is 13.6. The van der Waals surface area contributed by atoms with Gasteiger partial charge in [-0.05, 0) is 56.2 Å². The quantitative estimate of drug-likeness (QED) is 0.429. The largest absolute Gasteiger partial charge is 0.416 e. The van der Waals surface area contributed by atoms with Gasteiger partial charge in [-0.15, -0.1) is 5.53 Å². The number of nitrogens with zero attached hydrogens (tertiary/aromatic N) is 5. The molecule has 0 saturated carbocycles. The number of hydrogen-bond acceptors (Lipinski definition) is 6. The number of alkyl halides is 3. The van der Waals surface area contributed by atoms with Gasteiger partial charge in [-0.2, -0.15) is 18.3 Å². The maximum Gasteiger partial charge on any atom is 0.416 e. The summed E-state index contributed by atoms with van der Waals surface area (Å²) < 4.78 is 42.7. The van der Waals surface area contributed by atoms with Crippen LogP contribution < -0.4 is 21.3 Å². The molecule has 0 bridgehead atoms. The fourth-order valence-corrected chi connectivity index (χ4v) is 4.55. The predicted octanol–water partition coefficient (Wildman–Crippen LogP) is 4.89. The van der Waals surface area contributed by atoms with Crippen molar-refractivity contribution in [2.45, 2.75) is 32.9 Å². The van der Waals surface area contributed by atoms with Gasteiger partial charge in [0.2, 0.25) is 0 Å². The number of amides is 1. The molecule has 0 atom stereocenters. The number of rotatable bonds is 5. The first-order valence-electron chi connectivity index (χ1n) is 12.4. The third kappa shape index (κ3) is 5.46. The normalized spacial score (nSPS) is 16.6. The summed E-state index contributed by atoms with van der Waals surface area (Å²) in [5, 5.41) is 8.64. The summed E-state index contributed by atoms with van der Waals surface area (Å²) in [4.78, 5) is 19.5. The predicted molar refractivity (Wildman–Crippen MR) is 144 cm³/mol. The van der Waals surface area contributed by atoms with Crippen molar-refractivity contribution in [2.24, 2.45) is 12.0 Å². The average molecular weight is 539 g/mol. The first-order valence-corrected chi connectivity index (χ1v) is 12.4. The van der Waals surface area contributed by atoms with E-state index < -0.39 is 17.6 Å². The molecule has 0 radical (unpaired) electrons. The van der Waals surface area contributed by atoms with Gasteiger partial charge in [0.1, 0.15) is 5.84 Å². The molecule has 204 valence electrons. The van der Waals surface area contributed by atoms with Crippen molar-refractivity contribution in [2.75, 3.05) is 23.9 Å². The summed E-state index contributed by atoms with van der Waals surface area (Å²) in [6, 6.07) is 8.48. The third-order valence-corrected chi connectivity index (χ3v) is 6.92. The number of halogens is 3. The highest BCUT2D eigenvalue weighted by molar-refractivity contribution is 6.05. The van der Waals surface area contributed by atoms with Crippen LogP contribution in [0, 0.1) is 13.8 Å². The lowest BCUT2D eigenvalue weighted by Gasteiger charge is -2.19. The highest BCUT2D eigenvalue weighted by atomic mass is 19.4. The highest BCUT2D eigenvalue weighted by Crippen LogP contribution is 2.35. The van der Waals surface area contributed by atoms with Crippen molar-refractivity contribution in [1.82, 2.24) is 25.6 Å². The van der Waals surface area contributed by atoms with Crippen LogP contribution in [-0.4, -0.2) is 40.0 Å². The fourth-order valence-electron chi connectivity index (χ4n) is 4.55. The maximum absolute atomic E-state index is 13.6. The minimum Gasteiger partial charge on any atom is -0.363 e. The van der Waals surface area contributed by atoms with E-state index in [1.807, 2.05) is 39.0 Å². The average Bonchev–Trinajstić information content (AvgIpc) is 3.60. The molecule has 1 fully saturated rings. The zero-order chi connectivity index (χ0) is 27.9. The number of carbonyl (C=O) groups excluding carboxylic acids is 1. The Hall–Kier alpha value is -4.32. The van der Waals surface area contributed by atoms with Crippen molar-refractivity contribution in [3.63, 3.8) is 0 Å². The molecular weight excluding hydrogens is 509 g/mol. The van der Waals surface area contributed by atoms with E-state index in [1.165, 1.54) is 6.07 Å². The molecule has 3 N–H and O–H groups in total. The Bertz CT molecular complexity index is 1490. The van der Waals surface area contributed by atoms with E-state index in [0.29, 0.717) is 12.1 Å². The van der Waals surface area contributed by atoms with Gasteiger partial charge in [-0.25, -0.2) is 4.99 Å². The Morgan fingerprint density at radius 1 is 1.13 bits per heavy atom. The fraction of sp³-hybridized carbons (Fsp3) is 0.296. The number of nitrogens with one attached hydrogen (secondary N) is 3. The first-order chi connectivity index (χ1) is 18.5. The van der Waals surface area contributed by atoms with Crippen LogP contribution in [0.1, 0.15) is 45.6 Å². The van der Waals surface area contributed by atoms with Gasteiger partial charge in [0.25, 0.3) is 5.91 Å². The molecule has 3 aromatic rings. The molecule has 5 rings (SSSR count). The van der Waals surface area contributed by atoms with E-state index in [4.69, 9.17) is 0 Å². The number of aryl methyl sites for hydroxylation is 2. The Morgan fingerprint density at radius 2 is 1.92 bits per heavy atom. The van der Waals surface area contributed by atoms with Gasteiger partial charge in [0, 0.05) is 55.8 Å². The van der Waals surface area contributed by atoms with Crippen LogP contribution in [0.5, 0.6) is 0 Å². The van der Waals surface area contributed by atoms with E-state index in [2.05, 4.69) is 26.4 Å². The second-order valence-corrected chi connectivity index (χ2v) is 9.69. The minimum atomic E-state index is -4.58. The minimum absolute atomic E-state index is 0.0205. The van der Waals surface area contributed by atoms with E-state index in [-0.39, 0.29) is 16.9 Å². The molecule has 1 amide bonds. The Morgan fingerprint density at radius 3 is 2.59 bits per heavy atom. The molecule has 0 unspecified atom stereocenters. The lowest BCUT2D eigenvalue weighted by atomic mass is 10.1. The van der Waals surface area contributed by atoms with E-state index in [1.54, 1.807) is 34.1 Å². The molecule has 0 aliphatic carbocycles. The van der Waals surface area contributed by atoms with Gasteiger partial charge in [0.15, 0.2) is 0 Å². The molecular formula is C27H29F3N8O. The summed E-state index contributed by atoms with van der Waals surface area (Å²) in [6.07, 6.45) is 0.616. The number of carbonyl (C=O) groups is 1. The SMILES string of the molecule is Cc1ccc(C(=O)Nc2cc(N=C3CCCN3C)cc(C(F)(F)F)c2)cc1N1C=C(c2cnn(C)c2C)NN1. The van der Waals surface area contributed by atoms with Crippen molar-refractivity contribution >= 4 is 34.5 Å². The van der Waals surface area contributed by atoms with Crippen LogP contribution in [0.4, 0.5) is 30.2 Å². The van der Waals surface area contributed by atoms with Gasteiger partial charge < -0.3 is 15.6 Å². The number of hydrazine groups is 2.